The minimum atomic E-state index is -0.579. The molecule has 0 atom stereocenters. The Labute approximate surface area is 146 Å². The second-order valence-corrected chi connectivity index (χ2v) is 5.48. The summed E-state index contributed by atoms with van der Waals surface area (Å²) in [5, 5.41) is 10.2. The molecule has 0 aromatic heterocycles. The quantitative estimate of drug-likeness (QED) is 0.310. The van der Waals surface area contributed by atoms with E-state index in [4.69, 9.17) is 14.2 Å². The van der Waals surface area contributed by atoms with Gasteiger partial charge in [0.15, 0.2) is 17.3 Å². The van der Waals surface area contributed by atoms with E-state index in [1.807, 2.05) is 5.01 Å². The number of carbonyl (C=O) groups excluding carboxylic acids is 2. The van der Waals surface area contributed by atoms with Gasteiger partial charge in [0, 0.05) is 24.7 Å². The molecule has 8 heteroatoms. The van der Waals surface area contributed by atoms with E-state index >= 15 is 0 Å². The first-order valence-electron chi connectivity index (χ1n) is 8.20. The van der Waals surface area contributed by atoms with Gasteiger partial charge >= 0.3 is 5.97 Å². The topological polar surface area (TPSA) is 89.8 Å². The van der Waals surface area contributed by atoms with E-state index in [2.05, 4.69) is 10.3 Å². The van der Waals surface area contributed by atoms with Gasteiger partial charge < -0.3 is 14.2 Å². The van der Waals surface area contributed by atoms with Crippen LogP contribution >= 0.6 is 0 Å². The first-order chi connectivity index (χ1) is 12.1. The van der Waals surface area contributed by atoms with Gasteiger partial charge in [0.2, 0.25) is 0 Å². The van der Waals surface area contributed by atoms with Crippen LogP contribution in [0.1, 0.15) is 36.5 Å². The van der Waals surface area contributed by atoms with Crippen LogP contribution < -0.4 is 9.47 Å². The number of Topliss-reactive ketones (excluding diaryl/α,β-unsaturated/α-hetero) is 1. The van der Waals surface area contributed by atoms with Gasteiger partial charge in [0.1, 0.15) is 12.1 Å². The summed E-state index contributed by atoms with van der Waals surface area (Å²) >= 11 is 0. The first-order valence-corrected chi connectivity index (χ1v) is 8.20. The summed E-state index contributed by atoms with van der Waals surface area (Å²) in [6, 6.07) is 3.09. The van der Waals surface area contributed by atoms with Crippen LogP contribution in [0.2, 0.25) is 0 Å². The van der Waals surface area contributed by atoms with Gasteiger partial charge in [0.05, 0.1) is 20.8 Å². The van der Waals surface area contributed by atoms with Gasteiger partial charge in [-0.2, -0.15) is 0 Å². The Morgan fingerprint density at radius 2 is 1.76 bits per heavy atom. The predicted molar refractivity (Wildman–Crippen MR) is 90.4 cm³/mol. The number of hydrogen-bond acceptors (Lipinski definition) is 7. The maximum Gasteiger partial charge on any atom is 0.313 e. The van der Waals surface area contributed by atoms with Crippen molar-refractivity contribution in [1.82, 2.24) is 5.01 Å². The maximum atomic E-state index is 12.5. The number of esters is 1. The van der Waals surface area contributed by atoms with Gasteiger partial charge in [-0.15, -0.1) is 5.11 Å². The number of nitrogens with zero attached hydrogens (tertiary/aromatic N) is 3. The minimum Gasteiger partial charge on any atom is -0.493 e. The molecule has 1 saturated heterocycles. The number of ketones is 1. The van der Waals surface area contributed by atoms with Crippen molar-refractivity contribution >= 4 is 17.4 Å². The van der Waals surface area contributed by atoms with E-state index < -0.39 is 11.8 Å². The van der Waals surface area contributed by atoms with E-state index in [9.17, 15) is 9.59 Å². The molecule has 0 saturated carbocycles. The zero-order valence-corrected chi connectivity index (χ0v) is 14.8. The lowest BCUT2D eigenvalue weighted by Crippen LogP contribution is -2.12. The van der Waals surface area contributed by atoms with Crippen LogP contribution in [-0.4, -0.2) is 50.7 Å². The third-order valence-corrected chi connectivity index (χ3v) is 3.77. The highest BCUT2D eigenvalue weighted by Crippen LogP contribution is 2.36. The Kier molecular flexibility index (Phi) is 6.73. The van der Waals surface area contributed by atoms with E-state index in [-0.39, 0.29) is 18.6 Å². The number of benzene rings is 1. The summed E-state index contributed by atoms with van der Waals surface area (Å²) in [4.78, 5) is 24.1. The molecule has 0 amide bonds. The van der Waals surface area contributed by atoms with Crippen molar-refractivity contribution < 1.29 is 23.8 Å². The van der Waals surface area contributed by atoms with Crippen LogP contribution in [0.5, 0.6) is 11.5 Å². The van der Waals surface area contributed by atoms with Crippen LogP contribution in [-0.2, 0) is 9.53 Å². The van der Waals surface area contributed by atoms with Crippen LogP contribution in [0.25, 0.3) is 0 Å². The number of hydrogen-bond donors (Lipinski definition) is 0. The summed E-state index contributed by atoms with van der Waals surface area (Å²) in [5.74, 6) is -0.167. The lowest BCUT2D eigenvalue weighted by molar-refractivity contribution is -0.141. The molecule has 1 aliphatic heterocycles. The van der Waals surface area contributed by atoms with Crippen molar-refractivity contribution in [2.75, 3.05) is 33.9 Å². The Balaban J connectivity index is 2.33. The fraction of sp³-hybridized carbons (Fsp3) is 0.529. The van der Waals surface area contributed by atoms with Crippen LogP contribution in [0.15, 0.2) is 22.5 Å². The Morgan fingerprint density at radius 3 is 2.36 bits per heavy atom. The SMILES string of the molecule is CCOC(=O)CC(=O)c1cc(OC)c(OC)cc1N=NN1CCCC1. The molecule has 0 N–H and O–H groups in total. The van der Waals surface area contributed by atoms with E-state index in [0.717, 1.165) is 25.9 Å². The molecule has 136 valence electrons. The molecular weight excluding hydrogens is 326 g/mol. The van der Waals surface area contributed by atoms with Crippen molar-refractivity contribution in [1.29, 1.82) is 0 Å². The highest BCUT2D eigenvalue weighted by molar-refractivity contribution is 6.09. The van der Waals surface area contributed by atoms with Gasteiger partial charge in [-0.3, -0.25) is 14.6 Å². The van der Waals surface area contributed by atoms with Gasteiger partial charge in [-0.05, 0) is 25.8 Å². The monoisotopic (exact) mass is 349 g/mol. The lowest BCUT2D eigenvalue weighted by Gasteiger charge is -2.12. The highest BCUT2D eigenvalue weighted by Gasteiger charge is 2.20. The Hall–Kier alpha value is -2.64. The Morgan fingerprint density at radius 1 is 1.12 bits per heavy atom. The average molecular weight is 349 g/mol. The van der Waals surface area contributed by atoms with Crippen molar-refractivity contribution in [3.05, 3.63) is 17.7 Å². The molecule has 1 aromatic rings. The molecule has 0 aliphatic carbocycles. The number of ether oxygens (including phenoxy) is 3. The van der Waals surface area contributed by atoms with Gasteiger partial charge in [0.25, 0.3) is 0 Å². The molecule has 1 aromatic carbocycles. The second-order valence-electron chi connectivity index (χ2n) is 5.48. The van der Waals surface area contributed by atoms with E-state index in [1.165, 1.54) is 20.3 Å². The molecule has 1 fully saturated rings. The van der Waals surface area contributed by atoms with Crippen LogP contribution in [0, 0.1) is 0 Å². The standard InChI is InChI=1S/C17H23N3O5/c1-4-25-17(22)11-14(21)12-9-15(23-2)16(24-3)10-13(12)18-19-20-7-5-6-8-20/h9-10H,4-8,11H2,1-3H3. The third-order valence-electron chi connectivity index (χ3n) is 3.77. The number of carbonyl (C=O) groups is 2. The van der Waals surface area contributed by atoms with Gasteiger partial charge in [-0.1, -0.05) is 5.22 Å². The van der Waals surface area contributed by atoms with E-state index in [1.54, 1.807) is 13.0 Å². The van der Waals surface area contributed by atoms with Crippen LogP contribution in [0.3, 0.4) is 0 Å². The van der Waals surface area contributed by atoms with Crippen molar-refractivity contribution in [3.8, 4) is 11.5 Å². The summed E-state index contributed by atoms with van der Waals surface area (Å²) in [7, 11) is 2.97. The van der Waals surface area contributed by atoms with Crippen molar-refractivity contribution in [3.63, 3.8) is 0 Å². The molecule has 0 unspecified atom stereocenters. The number of rotatable bonds is 8. The summed E-state index contributed by atoms with van der Waals surface area (Å²) in [6.45, 7) is 3.58. The van der Waals surface area contributed by atoms with E-state index in [0.29, 0.717) is 17.2 Å². The molecule has 0 radical (unpaired) electrons. The highest BCUT2D eigenvalue weighted by atomic mass is 16.5. The largest absolute Gasteiger partial charge is 0.493 e. The number of methoxy groups -OCH3 is 2. The molecule has 25 heavy (non-hydrogen) atoms. The molecular formula is C17H23N3O5. The fourth-order valence-corrected chi connectivity index (χ4v) is 2.51. The Bertz CT molecular complexity index is 654. The van der Waals surface area contributed by atoms with Gasteiger partial charge in [-0.25, -0.2) is 0 Å². The molecule has 8 nitrogen and oxygen atoms in total. The summed E-state index contributed by atoms with van der Waals surface area (Å²) in [6.07, 6.45) is 1.77. The summed E-state index contributed by atoms with van der Waals surface area (Å²) in [5.41, 5.74) is 0.576. The second kappa shape index (κ2) is 9.00. The normalized spacial score (nSPS) is 14.0. The molecule has 0 spiro atoms. The third kappa shape index (κ3) is 4.91. The summed E-state index contributed by atoms with van der Waals surface area (Å²) < 4.78 is 15.3. The average Bonchev–Trinajstić information content (AvgIpc) is 3.12. The lowest BCUT2D eigenvalue weighted by atomic mass is 10.1. The van der Waals surface area contributed by atoms with Crippen LogP contribution in [0.4, 0.5) is 5.69 Å². The van der Waals surface area contributed by atoms with Crippen molar-refractivity contribution in [2.45, 2.75) is 26.2 Å². The zero-order chi connectivity index (χ0) is 18.2. The first kappa shape index (κ1) is 18.7. The predicted octanol–water partition coefficient (Wildman–Crippen LogP) is 2.93. The fourth-order valence-electron chi connectivity index (χ4n) is 2.51. The zero-order valence-electron chi connectivity index (χ0n) is 14.8. The maximum absolute atomic E-state index is 12.5. The smallest absolute Gasteiger partial charge is 0.313 e. The minimum absolute atomic E-state index is 0.222. The van der Waals surface area contributed by atoms with Crippen molar-refractivity contribution in [2.24, 2.45) is 10.3 Å². The molecule has 1 aliphatic rings. The molecule has 1 heterocycles. The molecule has 0 bridgehead atoms. The molecule has 2 rings (SSSR count).